The molecule has 4 nitrogen and oxygen atoms in total. The van der Waals surface area contributed by atoms with Crippen molar-refractivity contribution in [2.45, 2.75) is 0 Å². The number of benzene rings is 1. The molecule has 0 unspecified atom stereocenters. The highest BCUT2D eigenvalue weighted by atomic mass is 79.9. The number of ether oxygens (including phenoxy) is 1. The molecule has 0 aliphatic rings. The summed E-state index contributed by atoms with van der Waals surface area (Å²) >= 11 is 3.32. The van der Waals surface area contributed by atoms with Gasteiger partial charge in [-0.1, -0.05) is 12.1 Å². The monoisotopic (exact) mass is 280 g/mol. The molecule has 1 heterocycles. The number of aromatic amines is 1. The summed E-state index contributed by atoms with van der Waals surface area (Å²) in [5.41, 5.74) is 1.58. The van der Waals surface area contributed by atoms with Crippen molar-refractivity contribution in [3.63, 3.8) is 0 Å². The normalized spacial score (nSPS) is 10.1. The van der Waals surface area contributed by atoms with Crippen LogP contribution in [-0.4, -0.2) is 23.4 Å². The van der Waals surface area contributed by atoms with E-state index in [4.69, 9.17) is 4.74 Å². The van der Waals surface area contributed by atoms with E-state index in [9.17, 15) is 4.79 Å². The fraction of sp³-hybridized carbons (Fsp3) is 0.0909. The van der Waals surface area contributed by atoms with Gasteiger partial charge in [0.05, 0.1) is 7.11 Å². The summed E-state index contributed by atoms with van der Waals surface area (Å²) in [6.45, 7) is 0. The minimum Gasteiger partial charge on any atom is -0.497 e. The Morgan fingerprint density at radius 2 is 2.31 bits per heavy atom. The molecule has 0 atom stereocenters. The number of hydrogen-bond donors (Lipinski definition) is 1. The maximum Gasteiger partial charge on any atom is 0.185 e. The number of aromatic nitrogens is 2. The zero-order valence-electron chi connectivity index (χ0n) is 8.53. The van der Waals surface area contributed by atoms with Crippen molar-refractivity contribution in [2.75, 3.05) is 7.11 Å². The highest BCUT2D eigenvalue weighted by Gasteiger charge is 2.10. The van der Waals surface area contributed by atoms with Gasteiger partial charge in [0, 0.05) is 5.56 Å². The number of methoxy groups -OCH3 is 1. The van der Waals surface area contributed by atoms with Crippen molar-refractivity contribution in [2.24, 2.45) is 0 Å². The van der Waals surface area contributed by atoms with Gasteiger partial charge < -0.3 is 9.72 Å². The van der Waals surface area contributed by atoms with E-state index in [1.165, 1.54) is 0 Å². The fourth-order valence-corrected chi connectivity index (χ4v) is 1.91. The second-order valence-electron chi connectivity index (χ2n) is 3.13. The van der Waals surface area contributed by atoms with Gasteiger partial charge in [0.15, 0.2) is 12.1 Å². The van der Waals surface area contributed by atoms with Crippen LogP contribution in [0.2, 0.25) is 0 Å². The topological polar surface area (TPSA) is 55.0 Å². The molecule has 0 spiro atoms. The Morgan fingerprint density at radius 1 is 1.50 bits per heavy atom. The summed E-state index contributed by atoms with van der Waals surface area (Å²) in [7, 11) is 1.61. The summed E-state index contributed by atoms with van der Waals surface area (Å²) in [6.07, 6.45) is 0.675. The first-order chi connectivity index (χ1) is 7.74. The SMILES string of the molecule is COc1cccc(-c2nc(C=O)[nH]c2Br)c1. The highest BCUT2D eigenvalue weighted by molar-refractivity contribution is 9.10. The van der Waals surface area contributed by atoms with Gasteiger partial charge in [0.1, 0.15) is 16.0 Å². The Hall–Kier alpha value is -1.62. The molecule has 0 amide bonds. The minimum absolute atomic E-state index is 0.296. The van der Waals surface area contributed by atoms with Crippen LogP contribution in [0.25, 0.3) is 11.3 Å². The van der Waals surface area contributed by atoms with Crippen molar-refractivity contribution in [3.05, 3.63) is 34.7 Å². The summed E-state index contributed by atoms with van der Waals surface area (Å²) in [5.74, 6) is 1.05. The molecule has 1 aromatic carbocycles. The van der Waals surface area contributed by atoms with Crippen LogP contribution in [0.1, 0.15) is 10.6 Å². The van der Waals surface area contributed by atoms with E-state index >= 15 is 0 Å². The maximum absolute atomic E-state index is 10.6. The van der Waals surface area contributed by atoms with Gasteiger partial charge in [-0.25, -0.2) is 4.98 Å². The van der Waals surface area contributed by atoms with Crippen molar-refractivity contribution < 1.29 is 9.53 Å². The second kappa shape index (κ2) is 4.49. The van der Waals surface area contributed by atoms with E-state index in [0.717, 1.165) is 11.3 Å². The van der Waals surface area contributed by atoms with E-state index in [1.807, 2.05) is 24.3 Å². The molecule has 0 saturated carbocycles. The van der Waals surface area contributed by atoms with E-state index in [0.29, 0.717) is 22.4 Å². The molecule has 0 radical (unpaired) electrons. The molecular formula is C11H9BrN2O2. The van der Waals surface area contributed by atoms with Gasteiger partial charge in [-0.2, -0.15) is 0 Å². The summed E-state index contributed by atoms with van der Waals surface area (Å²) < 4.78 is 5.81. The second-order valence-corrected chi connectivity index (χ2v) is 3.93. The summed E-state index contributed by atoms with van der Waals surface area (Å²) in [5, 5.41) is 0. The van der Waals surface area contributed by atoms with Crippen molar-refractivity contribution >= 4 is 22.2 Å². The molecular weight excluding hydrogens is 272 g/mol. The van der Waals surface area contributed by atoms with E-state index < -0.39 is 0 Å². The van der Waals surface area contributed by atoms with Crippen LogP contribution >= 0.6 is 15.9 Å². The van der Waals surface area contributed by atoms with E-state index in [-0.39, 0.29) is 0 Å². The Labute approximate surface area is 101 Å². The van der Waals surface area contributed by atoms with Gasteiger partial charge in [0.2, 0.25) is 0 Å². The first-order valence-electron chi connectivity index (χ1n) is 4.59. The molecule has 0 saturated heterocycles. The third kappa shape index (κ3) is 1.99. The molecule has 0 aliphatic heterocycles. The number of imidazole rings is 1. The fourth-order valence-electron chi connectivity index (χ4n) is 1.39. The van der Waals surface area contributed by atoms with Crippen LogP contribution in [0, 0.1) is 0 Å². The van der Waals surface area contributed by atoms with Crippen molar-refractivity contribution in [3.8, 4) is 17.0 Å². The lowest BCUT2D eigenvalue weighted by Crippen LogP contribution is -1.85. The maximum atomic E-state index is 10.6. The smallest absolute Gasteiger partial charge is 0.185 e. The van der Waals surface area contributed by atoms with Gasteiger partial charge in [-0.3, -0.25) is 4.79 Å². The third-order valence-corrected chi connectivity index (χ3v) is 2.71. The summed E-state index contributed by atoms with van der Waals surface area (Å²) in [4.78, 5) is 17.6. The quantitative estimate of drug-likeness (QED) is 0.880. The van der Waals surface area contributed by atoms with Crippen molar-refractivity contribution in [1.29, 1.82) is 0 Å². The van der Waals surface area contributed by atoms with Gasteiger partial charge in [-0.05, 0) is 28.1 Å². The molecule has 1 N–H and O–H groups in total. The number of rotatable bonds is 3. The van der Waals surface area contributed by atoms with Crippen molar-refractivity contribution in [1.82, 2.24) is 9.97 Å². The average molecular weight is 281 g/mol. The Balaban J connectivity index is 2.48. The number of H-pyrrole nitrogens is 1. The lowest BCUT2D eigenvalue weighted by atomic mass is 10.1. The zero-order chi connectivity index (χ0) is 11.5. The van der Waals surface area contributed by atoms with Crippen LogP contribution in [0.15, 0.2) is 28.9 Å². The average Bonchev–Trinajstić information content (AvgIpc) is 2.71. The number of hydrogen-bond acceptors (Lipinski definition) is 3. The molecule has 2 aromatic rings. The lowest BCUT2D eigenvalue weighted by molar-refractivity contribution is 0.111. The zero-order valence-corrected chi connectivity index (χ0v) is 10.1. The number of halogens is 1. The van der Waals surface area contributed by atoms with E-state index in [1.54, 1.807) is 7.11 Å². The number of carbonyl (C=O) groups is 1. The molecule has 5 heteroatoms. The predicted octanol–water partition coefficient (Wildman–Crippen LogP) is 2.66. The molecule has 82 valence electrons. The largest absolute Gasteiger partial charge is 0.497 e. The number of nitrogens with zero attached hydrogens (tertiary/aromatic N) is 1. The standard InChI is InChI=1S/C11H9BrN2O2/c1-16-8-4-2-3-7(5-8)10-11(12)14-9(6-15)13-10/h2-6H,1H3,(H,13,14). The number of aldehydes is 1. The van der Waals surface area contributed by atoms with Crippen LogP contribution in [0.3, 0.4) is 0 Å². The number of carbonyl (C=O) groups excluding carboxylic acids is 1. The molecule has 0 bridgehead atoms. The van der Waals surface area contributed by atoms with Gasteiger partial charge >= 0.3 is 0 Å². The first-order valence-corrected chi connectivity index (χ1v) is 5.39. The number of nitrogens with one attached hydrogen (secondary N) is 1. The third-order valence-electron chi connectivity index (χ3n) is 2.13. The molecule has 2 rings (SSSR count). The van der Waals surface area contributed by atoms with Gasteiger partial charge in [0.25, 0.3) is 0 Å². The first kappa shape index (κ1) is 10.9. The molecule has 0 aliphatic carbocycles. The Kier molecular flexibility index (Phi) is 3.05. The van der Waals surface area contributed by atoms with E-state index in [2.05, 4.69) is 25.9 Å². The molecule has 0 fully saturated rings. The lowest BCUT2D eigenvalue weighted by Gasteiger charge is -2.01. The van der Waals surface area contributed by atoms with Crippen LogP contribution < -0.4 is 4.74 Å². The summed E-state index contributed by atoms with van der Waals surface area (Å²) in [6, 6.07) is 7.48. The molecule has 1 aromatic heterocycles. The van der Waals surface area contributed by atoms with Crippen LogP contribution in [0.4, 0.5) is 0 Å². The highest BCUT2D eigenvalue weighted by Crippen LogP contribution is 2.28. The molecule has 16 heavy (non-hydrogen) atoms. The van der Waals surface area contributed by atoms with Crippen LogP contribution in [0.5, 0.6) is 5.75 Å². The van der Waals surface area contributed by atoms with Gasteiger partial charge in [-0.15, -0.1) is 0 Å². The Bertz CT molecular complexity index is 522. The minimum atomic E-state index is 0.296. The van der Waals surface area contributed by atoms with Crippen LogP contribution in [-0.2, 0) is 0 Å². The predicted molar refractivity (Wildman–Crippen MR) is 63.7 cm³/mol. The Morgan fingerprint density at radius 3 is 2.94 bits per heavy atom.